The van der Waals surface area contributed by atoms with Crippen molar-refractivity contribution < 1.29 is 9.90 Å². The summed E-state index contributed by atoms with van der Waals surface area (Å²) < 4.78 is -0.435. The van der Waals surface area contributed by atoms with Crippen molar-refractivity contribution in [3.05, 3.63) is 28.2 Å². The zero-order chi connectivity index (χ0) is 10.9. The molecule has 0 aliphatic carbocycles. The van der Waals surface area contributed by atoms with Crippen molar-refractivity contribution in [2.24, 2.45) is 0 Å². The molecule has 0 fully saturated rings. The van der Waals surface area contributed by atoms with Crippen molar-refractivity contribution in [1.82, 2.24) is 4.48 Å². The van der Waals surface area contributed by atoms with Gasteiger partial charge in [0, 0.05) is 11.1 Å². The molecule has 76 valence electrons. The van der Waals surface area contributed by atoms with Gasteiger partial charge >= 0.3 is 0 Å². The monoisotopic (exact) mass is 233 g/mol. The molecular weight excluding hydrogens is 225 g/mol. The summed E-state index contributed by atoms with van der Waals surface area (Å²) in [7, 11) is 2.95. The summed E-state index contributed by atoms with van der Waals surface area (Å²) in [4.78, 5) is 10.8. The number of nitrogens with zero attached hydrogens (tertiary/aromatic N) is 1. The summed E-state index contributed by atoms with van der Waals surface area (Å²) in [5, 5.41) is 11.6. The van der Waals surface area contributed by atoms with E-state index in [1.807, 2.05) is 0 Å². The number of quaternary nitrogens is 1. The van der Waals surface area contributed by atoms with Gasteiger partial charge in [0.15, 0.2) is 5.69 Å². The van der Waals surface area contributed by atoms with E-state index in [4.69, 9.17) is 23.2 Å². The normalized spacial score (nSPS) is 11.4. The molecule has 5 heteroatoms. The molecule has 0 spiro atoms. The number of hydrogen-bond acceptors (Lipinski definition) is 2. The standard InChI is InChI=1S/C9H9Cl2NO2/c1-12(2,9(13)14)8-4-3-6(10)5-7(8)11/h3-5H,1-2H3. The van der Waals surface area contributed by atoms with Gasteiger partial charge in [0.25, 0.3) is 6.09 Å². The second-order valence-electron chi connectivity index (χ2n) is 3.32. The van der Waals surface area contributed by atoms with E-state index in [-0.39, 0.29) is 0 Å². The lowest BCUT2D eigenvalue weighted by Gasteiger charge is -2.28. The SMILES string of the molecule is C[N+](C)(C(=O)[O-])c1ccc(Cl)cc1Cl. The molecule has 0 bridgehead atoms. The molecule has 1 rings (SSSR count). The van der Waals surface area contributed by atoms with Crippen LogP contribution in [0.15, 0.2) is 18.2 Å². The van der Waals surface area contributed by atoms with Crippen LogP contribution in [-0.2, 0) is 0 Å². The number of amides is 1. The Morgan fingerprint density at radius 1 is 1.36 bits per heavy atom. The van der Waals surface area contributed by atoms with Crippen molar-refractivity contribution in [2.45, 2.75) is 0 Å². The molecule has 0 heterocycles. The Bertz CT molecular complexity index is 377. The zero-order valence-electron chi connectivity index (χ0n) is 7.75. The van der Waals surface area contributed by atoms with Crippen molar-refractivity contribution in [3.8, 4) is 0 Å². The van der Waals surface area contributed by atoms with E-state index in [1.54, 1.807) is 12.1 Å². The lowest BCUT2D eigenvalue weighted by atomic mass is 10.3. The topological polar surface area (TPSA) is 40.1 Å². The van der Waals surface area contributed by atoms with Gasteiger partial charge in [-0.1, -0.05) is 23.2 Å². The van der Waals surface area contributed by atoms with Gasteiger partial charge in [-0.2, -0.15) is 0 Å². The fourth-order valence-corrected chi connectivity index (χ4v) is 1.65. The van der Waals surface area contributed by atoms with E-state index in [0.29, 0.717) is 15.7 Å². The van der Waals surface area contributed by atoms with E-state index in [1.165, 1.54) is 20.2 Å². The Morgan fingerprint density at radius 2 is 1.93 bits per heavy atom. The van der Waals surface area contributed by atoms with E-state index in [9.17, 15) is 9.90 Å². The summed E-state index contributed by atoms with van der Waals surface area (Å²) >= 11 is 11.6. The van der Waals surface area contributed by atoms with Gasteiger partial charge in [0.2, 0.25) is 0 Å². The molecule has 0 aromatic heterocycles. The molecule has 0 saturated heterocycles. The largest absolute Gasteiger partial charge is 0.498 e. The highest BCUT2D eigenvalue weighted by atomic mass is 35.5. The first kappa shape index (κ1) is 11.3. The van der Waals surface area contributed by atoms with Gasteiger partial charge in [0.05, 0.1) is 14.1 Å². The summed E-state index contributed by atoms with van der Waals surface area (Å²) in [5.41, 5.74) is 0.441. The first-order chi connectivity index (χ1) is 6.35. The highest BCUT2D eigenvalue weighted by molar-refractivity contribution is 6.36. The van der Waals surface area contributed by atoms with E-state index < -0.39 is 10.6 Å². The third kappa shape index (κ3) is 2.00. The van der Waals surface area contributed by atoms with Crippen LogP contribution in [0.5, 0.6) is 0 Å². The first-order valence-corrected chi connectivity index (χ1v) is 4.62. The molecule has 1 amide bonds. The second-order valence-corrected chi connectivity index (χ2v) is 4.16. The van der Waals surface area contributed by atoms with E-state index in [0.717, 1.165) is 0 Å². The number of carboxylic acid groups (broad SMARTS) is 1. The maximum absolute atomic E-state index is 10.8. The van der Waals surface area contributed by atoms with Crippen LogP contribution in [0.2, 0.25) is 10.0 Å². The van der Waals surface area contributed by atoms with Crippen molar-refractivity contribution in [3.63, 3.8) is 0 Å². The maximum atomic E-state index is 10.8. The van der Waals surface area contributed by atoms with Crippen molar-refractivity contribution >= 4 is 35.0 Å². The molecule has 1 aromatic rings. The Labute approximate surface area is 92.1 Å². The molecule has 0 unspecified atom stereocenters. The Kier molecular flexibility index (Phi) is 3.04. The fraction of sp³-hybridized carbons (Fsp3) is 0.222. The Morgan fingerprint density at radius 3 is 2.36 bits per heavy atom. The van der Waals surface area contributed by atoms with Crippen molar-refractivity contribution in [1.29, 1.82) is 0 Å². The molecule has 0 aliphatic heterocycles. The van der Waals surface area contributed by atoms with E-state index in [2.05, 4.69) is 0 Å². The van der Waals surface area contributed by atoms with Crippen LogP contribution in [0.1, 0.15) is 0 Å². The fourth-order valence-electron chi connectivity index (χ4n) is 1.03. The van der Waals surface area contributed by atoms with Gasteiger partial charge in [-0.15, -0.1) is 0 Å². The predicted octanol–water partition coefficient (Wildman–Crippen LogP) is 1.90. The predicted molar refractivity (Wildman–Crippen MR) is 55.5 cm³/mol. The van der Waals surface area contributed by atoms with Crippen LogP contribution in [0.25, 0.3) is 0 Å². The number of carbonyl (C=O) groups excluding carboxylic acids is 1. The molecule has 0 aliphatic rings. The Hall–Kier alpha value is -0.770. The third-order valence-corrected chi connectivity index (χ3v) is 2.51. The minimum absolute atomic E-state index is 0.312. The van der Waals surface area contributed by atoms with Crippen LogP contribution in [-0.4, -0.2) is 20.2 Å². The van der Waals surface area contributed by atoms with Crippen LogP contribution in [0.4, 0.5) is 10.5 Å². The number of rotatable bonds is 1. The average Bonchev–Trinajstić information content (AvgIpc) is 2.02. The number of hydrogen-bond donors (Lipinski definition) is 0. The quantitative estimate of drug-likeness (QED) is 0.696. The second kappa shape index (κ2) is 3.77. The molecule has 0 radical (unpaired) electrons. The number of halogens is 2. The van der Waals surface area contributed by atoms with Crippen LogP contribution in [0, 0.1) is 0 Å². The van der Waals surface area contributed by atoms with Crippen LogP contribution < -0.4 is 9.59 Å². The van der Waals surface area contributed by atoms with Gasteiger partial charge < -0.3 is 9.90 Å². The highest BCUT2D eigenvalue weighted by Crippen LogP contribution is 2.31. The third-order valence-electron chi connectivity index (χ3n) is 1.97. The lowest BCUT2D eigenvalue weighted by Crippen LogP contribution is -2.54. The van der Waals surface area contributed by atoms with Crippen molar-refractivity contribution in [2.75, 3.05) is 14.1 Å². The van der Waals surface area contributed by atoms with Crippen LogP contribution >= 0.6 is 23.2 Å². The molecule has 1 aromatic carbocycles. The average molecular weight is 234 g/mol. The molecular formula is C9H9Cl2NO2. The minimum Gasteiger partial charge on any atom is -0.498 e. The highest BCUT2D eigenvalue weighted by Gasteiger charge is 2.24. The van der Waals surface area contributed by atoms with Gasteiger partial charge in [-0.25, -0.2) is 4.48 Å². The molecule has 0 saturated carbocycles. The smallest absolute Gasteiger partial charge is 0.262 e. The summed E-state index contributed by atoms with van der Waals surface area (Å²) in [6.07, 6.45) is -1.23. The van der Waals surface area contributed by atoms with Gasteiger partial charge in [-0.3, -0.25) is 0 Å². The molecule has 0 N–H and O–H groups in total. The van der Waals surface area contributed by atoms with Gasteiger partial charge in [-0.05, 0) is 12.1 Å². The zero-order valence-corrected chi connectivity index (χ0v) is 9.26. The molecule has 14 heavy (non-hydrogen) atoms. The Balaban J connectivity index is 3.26. The number of benzene rings is 1. The number of carbonyl (C=O) groups is 1. The van der Waals surface area contributed by atoms with Gasteiger partial charge in [0.1, 0.15) is 5.02 Å². The minimum atomic E-state index is -1.23. The lowest BCUT2D eigenvalue weighted by molar-refractivity contribution is -0.261. The summed E-state index contributed by atoms with van der Waals surface area (Å²) in [6, 6.07) is 4.66. The van der Waals surface area contributed by atoms with Crippen LogP contribution in [0.3, 0.4) is 0 Å². The van der Waals surface area contributed by atoms with E-state index >= 15 is 0 Å². The summed E-state index contributed by atoms with van der Waals surface area (Å²) in [6.45, 7) is 0. The first-order valence-electron chi connectivity index (χ1n) is 3.87. The summed E-state index contributed by atoms with van der Waals surface area (Å²) in [5.74, 6) is 0. The maximum Gasteiger partial charge on any atom is 0.262 e. The molecule has 0 atom stereocenters. The molecule has 3 nitrogen and oxygen atoms in total.